The van der Waals surface area contributed by atoms with Gasteiger partial charge in [-0.1, -0.05) is 36.4 Å². The van der Waals surface area contributed by atoms with Crippen LogP contribution in [0.15, 0.2) is 60.0 Å². The molecule has 2 heterocycles. The molecule has 1 atom stereocenters. The molecule has 0 saturated carbocycles. The van der Waals surface area contributed by atoms with Crippen molar-refractivity contribution in [1.82, 2.24) is 0 Å². The summed E-state index contributed by atoms with van der Waals surface area (Å²) in [4.78, 5) is 27.0. The monoisotopic (exact) mass is 367 g/mol. The zero-order chi connectivity index (χ0) is 18.3. The Morgan fingerprint density at radius 3 is 2.62 bits per heavy atom. The summed E-state index contributed by atoms with van der Waals surface area (Å²) in [7, 11) is 0. The van der Waals surface area contributed by atoms with Gasteiger partial charge in [-0.05, 0) is 41.7 Å². The summed E-state index contributed by atoms with van der Waals surface area (Å²) in [5, 5.41) is 1.28. The number of para-hydroxylation sites is 1. The molecule has 26 heavy (non-hydrogen) atoms. The molecule has 0 spiro atoms. The van der Waals surface area contributed by atoms with Gasteiger partial charge in [0.1, 0.15) is 12.3 Å². The molecule has 2 aromatic carbocycles. The lowest BCUT2D eigenvalue weighted by Gasteiger charge is -2.24. The maximum atomic E-state index is 14.3. The molecule has 4 nitrogen and oxygen atoms in total. The Balaban J connectivity index is 1.81. The Morgan fingerprint density at radius 2 is 1.85 bits per heavy atom. The quantitative estimate of drug-likeness (QED) is 0.773. The van der Waals surface area contributed by atoms with Crippen LogP contribution in [0.3, 0.4) is 0 Å². The van der Waals surface area contributed by atoms with Crippen LogP contribution in [-0.2, 0) is 11.3 Å². The molecular formula is C20H16FN2O2S+. The number of hydrogen-bond donors (Lipinski definition) is 0. The van der Waals surface area contributed by atoms with Crippen LogP contribution in [0.5, 0.6) is 0 Å². The number of fused-ring (bicyclic) bond motifs is 1. The van der Waals surface area contributed by atoms with Crippen LogP contribution in [0.4, 0.5) is 14.9 Å². The zero-order valence-corrected chi connectivity index (χ0v) is 14.9. The highest BCUT2D eigenvalue weighted by molar-refractivity contribution is 8.04. The number of carbonyl (C=O) groups is 2. The van der Waals surface area contributed by atoms with E-state index in [1.54, 1.807) is 22.1 Å². The fraction of sp³-hybridized carbons (Fsp3) is 0.150. The van der Waals surface area contributed by atoms with Crippen LogP contribution in [0.1, 0.15) is 11.1 Å². The predicted octanol–water partition coefficient (Wildman–Crippen LogP) is 3.88. The first kappa shape index (κ1) is 16.7. The highest BCUT2D eigenvalue weighted by Crippen LogP contribution is 2.32. The summed E-state index contributed by atoms with van der Waals surface area (Å²) in [6.07, 6.45) is 1.79. The van der Waals surface area contributed by atoms with Crippen molar-refractivity contribution in [3.05, 3.63) is 77.0 Å². The van der Waals surface area contributed by atoms with Gasteiger partial charge in [-0.3, -0.25) is 0 Å². The summed E-state index contributed by atoms with van der Waals surface area (Å²) in [5.41, 5.74) is 2.69. The first-order valence-corrected chi connectivity index (χ1v) is 9.15. The average Bonchev–Trinajstić information content (AvgIpc) is 3.12. The Bertz CT molecular complexity index is 983. The van der Waals surface area contributed by atoms with E-state index in [9.17, 15) is 14.0 Å². The van der Waals surface area contributed by atoms with Gasteiger partial charge in [0.15, 0.2) is 16.8 Å². The van der Waals surface area contributed by atoms with Crippen molar-refractivity contribution >= 4 is 35.1 Å². The number of halogens is 1. The summed E-state index contributed by atoms with van der Waals surface area (Å²) >= 11 is 1.33. The third kappa shape index (κ3) is 2.66. The van der Waals surface area contributed by atoms with Crippen molar-refractivity contribution < 1.29 is 18.6 Å². The van der Waals surface area contributed by atoms with Crippen molar-refractivity contribution in [2.24, 2.45) is 0 Å². The normalized spacial score (nSPS) is 19.3. The van der Waals surface area contributed by atoms with Crippen molar-refractivity contribution in [2.75, 3.05) is 4.90 Å². The van der Waals surface area contributed by atoms with Crippen molar-refractivity contribution in [2.45, 2.75) is 18.7 Å². The summed E-state index contributed by atoms with van der Waals surface area (Å²) in [6, 6.07) is 13.1. The highest BCUT2D eigenvalue weighted by atomic mass is 32.2. The van der Waals surface area contributed by atoms with E-state index in [1.165, 1.54) is 30.0 Å². The Kier molecular flexibility index (Phi) is 4.20. The topological polar surface area (TPSA) is 40.4 Å². The van der Waals surface area contributed by atoms with Crippen LogP contribution in [-0.4, -0.2) is 27.5 Å². The number of rotatable bonds is 3. The molecular weight excluding hydrogens is 351 g/mol. The first-order chi connectivity index (χ1) is 12.6. The minimum atomic E-state index is -0.593. The van der Waals surface area contributed by atoms with E-state index in [-0.39, 0.29) is 5.69 Å². The smallest absolute Gasteiger partial charge is 0.244 e. The summed E-state index contributed by atoms with van der Waals surface area (Å²) in [6.45, 7) is 2.31. The third-order valence-electron chi connectivity index (χ3n) is 4.58. The van der Waals surface area contributed by atoms with Gasteiger partial charge in [-0.2, -0.15) is 9.37 Å². The molecule has 0 aromatic heterocycles. The first-order valence-electron chi connectivity index (χ1n) is 8.21. The molecule has 2 aliphatic rings. The van der Waals surface area contributed by atoms with Gasteiger partial charge in [0, 0.05) is 0 Å². The molecule has 2 aromatic rings. The number of aryl methyl sites for hydroxylation is 1. The molecule has 0 radical (unpaired) electrons. The minimum Gasteiger partial charge on any atom is -0.244 e. The van der Waals surface area contributed by atoms with Crippen LogP contribution in [0.2, 0.25) is 0 Å². The van der Waals surface area contributed by atoms with E-state index in [1.807, 2.05) is 31.2 Å². The number of anilines is 1. The second-order valence-electron chi connectivity index (χ2n) is 6.16. The fourth-order valence-electron chi connectivity index (χ4n) is 3.18. The van der Waals surface area contributed by atoms with E-state index in [0.717, 1.165) is 16.0 Å². The molecule has 0 saturated heterocycles. The van der Waals surface area contributed by atoms with Gasteiger partial charge < -0.3 is 0 Å². The maximum Gasteiger partial charge on any atom is 0.506 e. The number of thioether (sulfide) groups is 1. The molecule has 6 heteroatoms. The number of nitrogens with zero attached hydrogens (tertiary/aromatic N) is 2. The lowest BCUT2D eigenvalue weighted by Crippen LogP contribution is -2.55. The second kappa shape index (κ2) is 6.53. The van der Waals surface area contributed by atoms with Gasteiger partial charge in [0.05, 0.1) is 0 Å². The lowest BCUT2D eigenvalue weighted by atomic mass is 10.1. The number of allylic oxidation sites excluding steroid dienone is 1. The summed E-state index contributed by atoms with van der Waals surface area (Å²) in [5.74, 6) is -1.00. The highest BCUT2D eigenvalue weighted by Gasteiger charge is 2.50. The third-order valence-corrected chi connectivity index (χ3v) is 5.59. The van der Waals surface area contributed by atoms with Gasteiger partial charge >= 0.3 is 11.9 Å². The molecule has 0 fully saturated rings. The van der Waals surface area contributed by atoms with E-state index >= 15 is 0 Å². The molecule has 0 bridgehead atoms. The Morgan fingerprint density at radius 1 is 1.12 bits per heavy atom. The molecule has 1 unspecified atom stereocenters. The van der Waals surface area contributed by atoms with Crippen LogP contribution in [0, 0.1) is 12.7 Å². The number of imide groups is 1. The number of carbonyl (C=O) groups excluding carboxylic acids is 2. The van der Waals surface area contributed by atoms with Crippen molar-refractivity contribution in [1.29, 1.82) is 0 Å². The van der Waals surface area contributed by atoms with E-state index < -0.39 is 23.0 Å². The van der Waals surface area contributed by atoms with Crippen LogP contribution >= 0.6 is 11.8 Å². The molecule has 2 aliphatic heterocycles. The Hall–Kier alpha value is -2.73. The van der Waals surface area contributed by atoms with Crippen molar-refractivity contribution in [3.8, 4) is 0 Å². The largest absolute Gasteiger partial charge is 0.506 e. The van der Waals surface area contributed by atoms with E-state index in [2.05, 4.69) is 0 Å². The molecule has 3 amide bonds. The molecule has 0 aliphatic carbocycles. The van der Waals surface area contributed by atoms with E-state index in [0.29, 0.717) is 12.3 Å². The predicted molar refractivity (Wildman–Crippen MR) is 100.0 cm³/mol. The molecule has 4 rings (SSSR count). The van der Waals surface area contributed by atoms with Crippen LogP contribution in [0.25, 0.3) is 0 Å². The molecule has 130 valence electrons. The second-order valence-corrected chi connectivity index (χ2v) is 7.18. The zero-order valence-electron chi connectivity index (χ0n) is 14.1. The Labute approximate surface area is 154 Å². The van der Waals surface area contributed by atoms with Crippen LogP contribution < -0.4 is 4.90 Å². The maximum absolute atomic E-state index is 14.3. The summed E-state index contributed by atoms with van der Waals surface area (Å²) < 4.78 is 15.9. The number of urea groups is 1. The van der Waals surface area contributed by atoms with E-state index in [4.69, 9.17) is 0 Å². The average molecular weight is 367 g/mol. The lowest BCUT2D eigenvalue weighted by molar-refractivity contribution is -0.444. The fourth-order valence-corrected chi connectivity index (χ4v) is 4.12. The van der Waals surface area contributed by atoms with Gasteiger partial charge in [0.2, 0.25) is 0 Å². The number of benzene rings is 2. The SMILES string of the molecule is Cc1ccccc1C[N+]1=C2C=CSC2C(=O)N(c2ccccc2F)C1=O. The van der Waals surface area contributed by atoms with Crippen molar-refractivity contribution in [3.63, 3.8) is 0 Å². The number of amides is 3. The number of hydrogen-bond acceptors (Lipinski definition) is 3. The van der Waals surface area contributed by atoms with Gasteiger partial charge in [0.25, 0.3) is 0 Å². The molecule has 0 N–H and O–H groups in total. The minimum absolute atomic E-state index is 0.0103. The van der Waals surface area contributed by atoms with Gasteiger partial charge in [-0.15, -0.1) is 16.7 Å². The standard InChI is InChI=1S/C20H16FN2O2S/c1-13-6-2-3-7-14(13)12-22-17-10-11-26-18(17)19(24)23(20(22)25)16-9-5-4-8-15(16)21/h2-11,18H,12H2,1H3/q+1. The van der Waals surface area contributed by atoms with Gasteiger partial charge in [-0.25, -0.2) is 9.18 Å².